The second-order valence-corrected chi connectivity index (χ2v) is 4.93. The van der Waals surface area contributed by atoms with Gasteiger partial charge in [-0.1, -0.05) is 18.2 Å². The molecule has 0 fully saturated rings. The van der Waals surface area contributed by atoms with Gasteiger partial charge in [0.25, 0.3) is 0 Å². The second kappa shape index (κ2) is 5.01. The fraction of sp³-hybridized carbons (Fsp3) is 0.364. The third-order valence-corrected chi connectivity index (χ3v) is 3.67. The van der Waals surface area contributed by atoms with E-state index in [4.69, 9.17) is 11.6 Å². The van der Waals surface area contributed by atoms with Crippen molar-refractivity contribution in [2.75, 3.05) is 19.0 Å². The highest BCUT2D eigenvalue weighted by molar-refractivity contribution is 7.97. The normalized spacial score (nSPS) is 16.5. The zero-order valence-corrected chi connectivity index (χ0v) is 9.85. The predicted octanol–water partition coefficient (Wildman–Crippen LogP) is 2.82. The number of carbonyl (C=O) groups excluding carboxylic acids is 1. The van der Waals surface area contributed by atoms with Crippen molar-refractivity contribution in [3.8, 4) is 0 Å². The van der Waals surface area contributed by atoms with Crippen LogP contribution in [0.3, 0.4) is 0 Å². The Labute approximate surface area is 98.7 Å². The molecule has 80 valence electrons. The molecular formula is C11H12ClNOS. The maximum absolute atomic E-state index is 11.8. The van der Waals surface area contributed by atoms with Crippen molar-refractivity contribution in [2.45, 2.75) is 11.3 Å². The van der Waals surface area contributed by atoms with Gasteiger partial charge in [-0.25, -0.2) is 4.31 Å². The number of benzene rings is 1. The molecule has 2 nitrogen and oxygen atoms in total. The Hall–Kier alpha value is -0.510. The number of carbonyl (C=O) groups is 1. The van der Waals surface area contributed by atoms with Crippen molar-refractivity contribution in [1.82, 2.24) is 4.31 Å². The summed E-state index contributed by atoms with van der Waals surface area (Å²) in [6.45, 7) is 1.37. The van der Waals surface area contributed by atoms with Crippen LogP contribution >= 0.6 is 23.5 Å². The third-order valence-electron chi connectivity index (χ3n) is 2.28. The van der Waals surface area contributed by atoms with Gasteiger partial charge in [-0.15, -0.1) is 11.6 Å². The molecule has 1 aliphatic rings. The van der Waals surface area contributed by atoms with Crippen molar-refractivity contribution < 1.29 is 4.79 Å². The maximum Gasteiger partial charge on any atom is 0.178 e. The number of hydrogen-bond acceptors (Lipinski definition) is 3. The van der Waals surface area contributed by atoms with E-state index in [1.165, 1.54) is 0 Å². The number of rotatable bonds is 3. The minimum Gasteiger partial charge on any atom is -0.293 e. The molecule has 0 spiro atoms. The lowest BCUT2D eigenvalue weighted by molar-refractivity contribution is 0.0962. The molecule has 0 atom stereocenters. The Kier molecular flexibility index (Phi) is 3.67. The third kappa shape index (κ3) is 2.54. The first-order valence-corrected chi connectivity index (χ1v) is 6.23. The van der Waals surface area contributed by atoms with Crippen molar-refractivity contribution in [3.05, 3.63) is 29.8 Å². The molecule has 0 saturated heterocycles. The van der Waals surface area contributed by atoms with Gasteiger partial charge in [0.05, 0.1) is 6.54 Å². The van der Waals surface area contributed by atoms with Crippen LogP contribution in [0.15, 0.2) is 29.2 Å². The number of ketones is 1. The average molecular weight is 242 g/mol. The molecule has 2 rings (SSSR count). The average Bonchev–Trinajstić information content (AvgIpc) is 2.26. The van der Waals surface area contributed by atoms with E-state index in [0.717, 1.165) is 23.4 Å². The van der Waals surface area contributed by atoms with E-state index in [-0.39, 0.29) is 5.78 Å². The lowest BCUT2D eigenvalue weighted by atomic mass is 10.1. The Morgan fingerprint density at radius 2 is 2.20 bits per heavy atom. The summed E-state index contributed by atoms with van der Waals surface area (Å²) in [6, 6.07) is 7.75. The summed E-state index contributed by atoms with van der Waals surface area (Å²) < 4.78 is 2.08. The lowest BCUT2D eigenvalue weighted by Gasteiger charge is -2.25. The maximum atomic E-state index is 11.8. The number of nitrogens with zero attached hydrogens (tertiary/aromatic N) is 1. The Morgan fingerprint density at radius 3 is 3.00 bits per heavy atom. The largest absolute Gasteiger partial charge is 0.293 e. The minimum atomic E-state index is 0.207. The van der Waals surface area contributed by atoms with Crippen LogP contribution in [0, 0.1) is 0 Å². The molecule has 1 aromatic carbocycles. The van der Waals surface area contributed by atoms with Crippen LogP contribution in [0.5, 0.6) is 0 Å². The molecule has 0 amide bonds. The number of hydrogen-bond donors (Lipinski definition) is 0. The van der Waals surface area contributed by atoms with Crippen molar-refractivity contribution in [3.63, 3.8) is 0 Å². The zero-order chi connectivity index (χ0) is 10.7. The number of fused-ring (bicyclic) bond motifs is 1. The smallest absolute Gasteiger partial charge is 0.178 e. The van der Waals surface area contributed by atoms with E-state index in [2.05, 4.69) is 4.31 Å². The van der Waals surface area contributed by atoms with Gasteiger partial charge >= 0.3 is 0 Å². The summed E-state index contributed by atoms with van der Waals surface area (Å²) >= 11 is 7.29. The van der Waals surface area contributed by atoms with Crippen LogP contribution in [-0.2, 0) is 0 Å². The van der Waals surface area contributed by atoms with Crippen LogP contribution in [0.2, 0.25) is 0 Å². The molecule has 1 aliphatic heterocycles. The van der Waals surface area contributed by atoms with E-state index in [0.29, 0.717) is 12.4 Å². The molecular weight excluding hydrogens is 230 g/mol. The highest BCUT2D eigenvalue weighted by atomic mass is 35.5. The molecule has 0 bridgehead atoms. The van der Waals surface area contributed by atoms with E-state index >= 15 is 0 Å². The fourth-order valence-electron chi connectivity index (χ4n) is 1.55. The van der Waals surface area contributed by atoms with Gasteiger partial charge in [-0.2, -0.15) is 0 Å². The van der Waals surface area contributed by atoms with Gasteiger partial charge in [0.2, 0.25) is 0 Å². The summed E-state index contributed by atoms with van der Waals surface area (Å²) in [6.07, 6.45) is 0.921. The SMILES string of the molecule is O=C1CN(CCCCl)Sc2ccccc21. The van der Waals surface area contributed by atoms with Gasteiger partial charge in [0.15, 0.2) is 5.78 Å². The first kappa shape index (κ1) is 11.0. The van der Waals surface area contributed by atoms with Crippen molar-refractivity contribution >= 4 is 29.3 Å². The van der Waals surface area contributed by atoms with Gasteiger partial charge < -0.3 is 0 Å². The quantitative estimate of drug-likeness (QED) is 0.600. The molecule has 1 heterocycles. The molecule has 4 heteroatoms. The van der Waals surface area contributed by atoms with Crippen LogP contribution in [0.25, 0.3) is 0 Å². The monoisotopic (exact) mass is 241 g/mol. The Morgan fingerprint density at radius 1 is 1.40 bits per heavy atom. The van der Waals surface area contributed by atoms with Crippen LogP contribution in [0.1, 0.15) is 16.8 Å². The Balaban J connectivity index is 2.12. The highest BCUT2D eigenvalue weighted by Gasteiger charge is 2.22. The topological polar surface area (TPSA) is 20.3 Å². The molecule has 0 aliphatic carbocycles. The lowest BCUT2D eigenvalue weighted by Crippen LogP contribution is -2.29. The van der Waals surface area contributed by atoms with Crippen molar-refractivity contribution in [1.29, 1.82) is 0 Å². The summed E-state index contributed by atoms with van der Waals surface area (Å²) in [5.74, 6) is 0.853. The number of halogens is 1. The molecule has 0 N–H and O–H groups in total. The summed E-state index contributed by atoms with van der Waals surface area (Å²) in [4.78, 5) is 12.8. The standard InChI is InChI=1S/C11H12ClNOS/c12-6-3-7-13-8-10(14)9-4-1-2-5-11(9)15-13/h1-2,4-5H,3,6-8H2. The zero-order valence-electron chi connectivity index (χ0n) is 8.28. The van der Waals surface area contributed by atoms with Gasteiger partial charge in [-0.3, -0.25) is 4.79 Å². The first-order chi connectivity index (χ1) is 7.31. The first-order valence-electron chi connectivity index (χ1n) is 4.92. The molecule has 0 unspecified atom stereocenters. The summed E-state index contributed by atoms with van der Waals surface area (Å²) in [7, 11) is 0. The fourth-order valence-corrected chi connectivity index (χ4v) is 2.77. The van der Waals surface area contributed by atoms with Gasteiger partial charge in [-0.05, 0) is 24.4 Å². The highest BCUT2D eigenvalue weighted by Crippen LogP contribution is 2.31. The van der Waals surface area contributed by atoms with Crippen molar-refractivity contribution in [2.24, 2.45) is 0 Å². The number of alkyl halides is 1. The van der Waals surface area contributed by atoms with E-state index < -0.39 is 0 Å². The van der Waals surface area contributed by atoms with E-state index in [1.54, 1.807) is 11.9 Å². The second-order valence-electron chi connectivity index (χ2n) is 3.42. The summed E-state index contributed by atoms with van der Waals surface area (Å²) in [5.41, 5.74) is 0.852. The van der Waals surface area contributed by atoms with Gasteiger partial charge in [0.1, 0.15) is 0 Å². The molecule has 0 saturated carbocycles. The molecule has 0 radical (unpaired) electrons. The van der Waals surface area contributed by atoms with Crippen LogP contribution in [-0.4, -0.2) is 29.1 Å². The minimum absolute atomic E-state index is 0.207. The van der Waals surface area contributed by atoms with Crippen LogP contribution < -0.4 is 0 Å². The number of Topliss-reactive ketones (excluding diaryl/α,β-unsaturated/α-hetero) is 1. The van der Waals surface area contributed by atoms with Crippen LogP contribution in [0.4, 0.5) is 0 Å². The molecule has 15 heavy (non-hydrogen) atoms. The molecule has 0 aromatic heterocycles. The predicted molar refractivity (Wildman–Crippen MR) is 63.5 cm³/mol. The summed E-state index contributed by atoms with van der Waals surface area (Å²) in [5, 5.41) is 0. The van der Waals surface area contributed by atoms with Gasteiger partial charge in [0, 0.05) is 22.9 Å². The van der Waals surface area contributed by atoms with E-state index in [9.17, 15) is 4.79 Å². The Bertz CT molecular complexity index is 369. The molecule has 1 aromatic rings. The van der Waals surface area contributed by atoms with E-state index in [1.807, 2.05) is 24.3 Å².